The van der Waals surface area contributed by atoms with Gasteiger partial charge in [0.05, 0.1) is 19.8 Å². The molecule has 0 aliphatic heterocycles. The van der Waals surface area contributed by atoms with Crippen molar-refractivity contribution in [1.29, 1.82) is 0 Å². The van der Waals surface area contributed by atoms with E-state index in [1.807, 2.05) is 72.8 Å². The maximum absolute atomic E-state index is 12.5. The van der Waals surface area contributed by atoms with Gasteiger partial charge in [-0.2, -0.15) is 0 Å². The van der Waals surface area contributed by atoms with E-state index >= 15 is 0 Å². The molecule has 6 nitrogen and oxygen atoms in total. The van der Waals surface area contributed by atoms with Gasteiger partial charge < -0.3 is 19.5 Å². The van der Waals surface area contributed by atoms with E-state index in [2.05, 4.69) is 17.4 Å². The van der Waals surface area contributed by atoms with Gasteiger partial charge in [-0.1, -0.05) is 78.9 Å². The first-order chi connectivity index (χ1) is 18.1. The summed E-state index contributed by atoms with van der Waals surface area (Å²) in [5.41, 5.74) is 3.38. The van der Waals surface area contributed by atoms with Crippen molar-refractivity contribution in [2.75, 3.05) is 20.3 Å². The molecule has 1 N–H and O–H groups in total. The zero-order valence-corrected chi connectivity index (χ0v) is 21.3. The minimum absolute atomic E-state index is 0.134. The van der Waals surface area contributed by atoms with E-state index in [1.165, 1.54) is 18.7 Å². The third-order valence-corrected chi connectivity index (χ3v) is 5.71. The molecule has 0 heterocycles. The number of methoxy groups -OCH3 is 1. The fourth-order valence-electron chi connectivity index (χ4n) is 3.72. The highest BCUT2D eigenvalue weighted by Crippen LogP contribution is 2.16. The van der Waals surface area contributed by atoms with E-state index in [-0.39, 0.29) is 18.4 Å². The average Bonchev–Trinajstić information content (AvgIpc) is 2.94. The van der Waals surface area contributed by atoms with Crippen molar-refractivity contribution >= 4 is 11.9 Å². The molecule has 0 aliphatic rings. The highest BCUT2D eigenvalue weighted by Gasteiger charge is 2.12. The number of rotatable bonds is 15. The summed E-state index contributed by atoms with van der Waals surface area (Å²) in [5, 5.41) is 2.98. The summed E-state index contributed by atoms with van der Waals surface area (Å²) in [6.45, 7) is 1.45. The van der Waals surface area contributed by atoms with Gasteiger partial charge in [0.1, 0.15) is 12.4 Å². The monoisotopic (exact) mass is 501 g/mol. The van der Waals surface area contributed by atoms with Gasteiger partial charge in [-0.25, -0.2) is 4.79 Å². The molecule has 0 saturated carbocycles. The Labute approximate surface area is 219 Å². The maximum Gasteiger partial charge on any atom is 0.330 e. The Kier molecular flexibility index (Phi) is 11.9. The van der Waals surface area contributed by atoms with Crippen molar-refractivity contribution in [2.45, 2.75) is 38.3 Å². The van der Waals surface area contributed by atoms with Crippen molar-refractivity contribution < 1.29 is 23.8 Å². The lowest BCUT2D eigenvalue weighted by Gasteiger charge is -2.16. The van der Waals surface area contributed by atoms with Crippen LogP contribution in [0.1, 0.15) is 29.5 Å². The van der Waals surface area contributed by atoms with Gasteiger partial charge in [0.25, 0.3) is 0 Å². The first-order valence-electron chi connectivity index (χ1n) is 12.5. The summed E-state index contributed by atoms with van der Waals surface area (Å²) in [4.78, 5) is 24.1. The predicted octanol–water partition coefficient (Wildman–Crippen LogP) is 5.06. The third kappa shape index (κ3) is 11.1. The molecule has 0 aliphatic carbocycles. The molecule has 0 bridgehead atoms. The number of carbonyl (C=O) groups is 2. The maximum atomic E-state index is 12.5. The van der Waals surface area contributed by atoms with Crippen LogP contribution in [0.2, 0.25) is 0 Å². The molecule has 0 aromatic heterocycles. The zero-order chi connectivity index (χ0) is 26.1. The van der Waals surface area contributed by atoms with Crippen molar-refractivity contribution in [3.8, 4) is 5.75 Å². The quantitative estimate of drug-likeness (QED) is 0.179. The minimum atomic E-state index is -0.467. The third-order valence-electron chi connectivity index (χ3n) is 5.71. The summed E-state index contributed by atoms with van der Waals surface area (Å²) in [7, 11) is 1.32. The zero-order valence-electron chi connectivity index (χ0n) is 21.3. The number of aryl methyl sites for hydroxylation is 1. The van der Waals surface area contributed by atoms with Gasteiger partial charge in [0.15, 0.2) is 0 Å². The molecule has 0 fully saturated rings. The van der Waals surface area contributed by atoms with Crippen LogP contribution in [0.25, 0.3) is 0 Å². The van der Waals surface area contributed by atoms with Crippen molar-refractivity contribution in [3.05, 3.63) is 114 Å². The number of hydrogen-bond acceptors (Lipinski definition) is 5. The van der Waals surface area contributed by atoms with Gasteiger partial charge >= 0.3 is 5.97 Å². The summed E-state index contributed by atoms with van der Waals surface area (Å²) in [6, 6.07) is 27.6. The fourth-order valence-corrected chi connectivity index (χ4v) is 3.72. The number of hydrogen-bond donors (Lipinski definition) is 1. The first-order valence-corrected chi connectivity index (χ1v) is 12.5. The van der Waals surface area contributed by atoms with Gasteiger partial charge in [0, 0.05) is 19.1 Å². The van der Waals surface area contributed by atoms with Crippen LogP contribution in [-0.4, -0.2) is 38.2 Å². The van der Waals surface area contributed by atoms with Gasteiger partial charge in [-0.15, -0.1) is 0 Å². The lowest BCUT2D eigenvalue weighted by atomic mass is 10.0. The van der Waals surface area contributed by atoms with E-state index < -0.39 is 5.97 Å². The summed E-state index contributed by atoms with van der Waals surface area (Å²) in [6.07, 6.45) is 5.62. The number of benzene rings is 3. The Morgan fingerprint density at radius 1 is 0.838 bits per heavy atom. The van der Waals surface area contributed by atoms with Gasteiger partial charge in [-0.3, -0.25) is 4.79 Å². The highest BCUT2D eigenvalue weighted by molar-refractivity contribution is 5.82. The van der Waals surface area contributed by atoms with Crippen LogP contribution < -0.4 is 10.1 Å². The Bertz CT molecular complexity index is 1100. The van der Waals surface area contributed by atoms with E-state index in [0.717, 1.165) is 29.7 Å². The second kappa shape index (κ2) is 16.0. The molecular weight excluding hydrogens is 466 g/mol. The number of ether oxygens (including phenoxy) is 3. The van der Waals surface area contributed by atoms with Crippen LogP contribution in [0, 0.1) is 0 Å². The molecule has 0 saturated heterocycles. The largest absolute Gasteiger partial charge is 0.489 e. The van der Waals surface area contributed by atoms with Gasteiger partial charge in [-0.05, 0) is 48.1 Å². The van der Waals surface area contributed by atoms with Crippen LogP contribution in [0.4, 0.5) is 0 Å². The summed E-state index contributed by atoms with van der Waals surface area (Å²) in [5.74, 6) is 0.166. The molecule has 3 rings (SSSR count). The smallest absolute Gasteiger partial charge is 0.330 e. The van der Waals surface area contributed by atoms with Crippen molar-refractivity contribution in [3.63, 3.8) is 0 Å². The van der Waals surface area contributed by atoms with Gasteiger partial charge in [0.2, 0.25) is 5.91 Å². The second-order valence-electron chi connectivity index (χ2n) is 8.63. The van der Waals surface area contributed by atoms with Crippen molar-refractivity contribution in [2.24, 2.45) is 0 Å². The molecule has 194 valence electrons. The molecule has 0 radical (unpaired) electrons. The molecule has 0 spiro atoms. The van der Waals surface area contributed by atoms with E-state index in [9.17, 15) is 9.59 Å². The molecule has 37 heavy (non-hydrogen) atoms. The SMILES string of the molecule is COC(=O)/C=C/C(Cc1ccc(OCc2ccccc2)cc1)NC(=O)CCOCCCc1ccccc1. The second-order valence-corrected chi connectivity index (χ2v) is 8.63. The van der Waals surface area contributed by atoms with Crippen LogP contribution >= 0.6 is 0 Å². The summed E-state index contributed by atoms with van der Waals surface area (Å²) >= 11 is 0. The number of esters is 1. The Morgan fingerprint density at radius 3 is 2.19 bits per heavy atom. The fraction of sp³-hybridized carbons (Fsp3) is 0.290. The molecular formula is C31H35NO5. The molecule has 3 aromatic rings. The topological polar surface area (TPSA) is 73.9 Å². The standard InChI is InChI=1S/C31H35NO5/c1-35-31(34)19-16-28(32-30(33)20-22-36-21-8-13-25-9-4-2-5-10-25)23-26-14-17-29(18-15-26)37-24-27-11-6-3-7-12-27/h2-7,9-12,14-19,28H,8,13,20-24H2,1H3,(H,32,33)/b19-16+. The molecule has 1 unspecified atom stereocenters. The molecule has 3 aromatic carbocycles. The Hall–Kier alpha value is -3.90. The van der Waals surface area contributed by atoms with Crippen LogP contribution in [0.15, 0.2) is 97.1 Å². The van der Waals surface area contributed by atoms with Crippen LogP contribution in [0.3, 0.4) is 0 Å². The minimum Gasteiger partial charge on any atom is -0.489 e. The number of carbonyl (C=O) groups excluding carboxylic acids is 2. The molecule has 6 heteroatoms. The van der Waals surface area contributed by atoms with E-state index in [1.54, 1.807) is 6.08 Å². The number of amides is 1. The van der Waals surface area contributed by atoms with E-state index in [0.29, 0.717) is 26.2 Å². The number of nitrogens with one attached hydrogen (secondary N) is 1. The lowest BCUT2D eigenvalue weighted by molar-refractivity contribution is -0.135. The first kappa shape index (κ1) is 27.7. The Balaban J connectivity index is 1.44. The van der Waals surface area contributed by atoms with Crippen LogP contribution in [0.5, 0.6) is 5.75 Å². The van der Waals surface area contributed by atoms with Crippen molar-refractivity contribution in [1.82, 2.24) is 5.32 Å². The highest BCUT2D eigenvalue weighted by atomic mass is 16.5. The lowest BCUT2D eigenvalue weighted by Crippen LogP contribution is -2.35. The normalized spacial score (nSPS) is 11.7. The molecule has 1 atom stereocenters. The average molecular weight is 502 g/mol. The van der Waals surface area contributed by atoms with Crippen LogP contribution in [-0.2, 0) is 38.5 Å². The molecule has 1 amide bonds. The Morgan fingerprint density at radius 2 is 1.51 bits per heavy atom. The predicted molar refractivity (Wildman–Crippen MR) is 144 cm³/mol. The van der Waals surface area contributed by atoms with E-state index in [4.69, 9.17) is 14.2 Å². The summed E-state index contributed by atoms with van der Waals surface area (Å²) < 4.78 is 16.2.